The highest BCUT2D eigenvalue weighted by atomic mass is 35.5. The maximum atomic E-state index is 11.7. The number of carbonyl (C=O) groups excluding carboxylic acids is 1. The zero-order valence-corrected chi connectivity index (χ0v) is 21.7. The summed E-state index contributed by atoms with van der Waals surface area (Å²) in [6.07, 6.45) is 6.82. The first-order valence-electron chi connectivity index (χ1n) is 12.1. The van der Waals surface area contributed by atoms with Gasteiger partial charge in [0.15, 0.2) is 5.65 Å². The van der Waals surface area contributed by atoms with Gasteiger partial charge in [-0.15, -0.1) is 0 Å². The number of anilines is 3. The van der Waals surface area contributed by atoms with Crippen LogP contribution in [0.25, 0.3) is 11.2 Å². The Morgan fingerprint density at radius 2 is 1.78 bits per heavy atom. The SMILES string of the molecule is NC(=O)[C@H]1CC[C@@H](n2c(Nc3c(Cl)cc(Cl)cc3Cl)nc3cnc(NC4CC5(COC5)C4)nc32)CC1. The number of nitrogens with zero attached hydrogens (tertiary/aromatic N) is 4. The van der Waals surface area contributed by atoms with Gasteiger partial charge >= 0.3 is 0 Å². The smallest absolute Gasteiger partial charge is 0.224 e. The van der Waals surface area contributed by atoms with E-state index in [2.05, 4.69) is 20.2 Å². The molecule has 2 aliphatic carbocycles. The first-order valence-corrected chi connectivity index (χ1v) is 13.2. The van der Waals surface area contributed by atoms with Crippen molar-refractivity contribution in [1.82, 2.24) is 19.5 Å². The van der Waals surface area contributed by atoms with Crippen LogP contribution in [-0.4, -0.2) is 44.7 Å². The first kappa shape index (κ1) is 24.0. The predicted octanol–water partition coefficient (Wildman–Crippen LogP) is 5.34. The van der Waals surface area contributed by atoms with Crippen molar-refractivity contribution in [1.29, 1.82) is 0 Å². The maximum absolute atomic E-state index is 11.7. The predicted molar refractivity (Wildman–Crippen MR) is 140 cm³/mol. The van der Waals surface area contributed by atoms with Crippen LogP contribution in [0.4, 0.5) is 17.6 Å². The number of rotatable bonds is 6. The molecule has 9 nitrogen and oxygen atoms in total. The van der Waals surface area contributed by atoms with Gasteiger partial charge in [0.1, 0.15) is 5.52 Å². The standard InChI is InChI=1S/C24H26Cl3N7O2/c25-13-5-16(26)19(17(27)6-13)32-23-31-18-9-29-22(30-14-7-24(8-14)10-36-11-24)33-21(18)34(23)15-3-1-12(2-4-15)20(28)35/h5-6,9,12,14-15H,1-4,7-8,10-11H2,(H2,28,35)(H,31,32)(H,29,30,33)/t12-,15+. The summed E-state index contributed by atoms with van der Waals surface area (Å²) in [4.78, 5) is 25.9. The molecule has 6 rings (SSSR count). The highest BCUT2D eigenvalue weighted by Crippen LogP contribution is 2.48. The Balaban J connectivity index is 1.33. The van der Waals surface area contributed by atoms with Crippen LogP contribution in [0.3, 0.4) is 0 Å². The monoisotopic (exact) mass is 549 g/mol. The van der Waals surface area contributed by atoms with E-state index in [1.165, 1.54) is 0 Å². The Morgan fingerprint density at radius 3 is 2.39 bits per heavy atom. The van der Waals surface area contributed by atoms with Crippen LogP contribution in [0.15, 0.2) is 18.3 Å². The number of ether oxygens (including phenoxy) is 1. The van der Waals surface area contributed by atoms with Gasteiger partial charge in [0, 0.05) is 28.4 Å². The van der Waals surface area contributed by atoms with Gasteiger partial charge in [-0.3, -0.25) is 9.36 Å². The van der Waals surface area contributed by atoms with Gasteiger partial charge in [0.2, 0.25) is 17.8 Å². The van der Waals surface area contributed by atoms with Crippen molar-refractivity contribution in [2.75, 3.05) is 23.8 Å². The van der Waals surface area contributed by atoms with E-state index in [0.29, 0.717) is 68.1 Å². The summed E-state index contributed by atoms with van der Waals surface area (Å²) in [6.45, 7) is 1.69. The molecule has 1 saturated heterocycles. The van der Waals surface area contributed by atoms with Gasteiger partial charge in [0.25, 0.3) is 0 Å². The summed E-state index contributed by atoms with van der Waals surface area (Å²) in [6, 6.07) is 3.66. The normalized spacial score (nSPS) is 23.3. The second-order valence-electron chi connectivity index (χ2n) is 10.2. The molecule has 4 N–H and O–H groups in total. The molecule has 0 radical (unpaired) electrons. The number of hydrogen-bond acceptors (Lipinski definition) is 7. The minimum Gasteiger partial charge on any atom is -0.380 e. The zero-order chi connectivity index (χ0) is 25.0. The quantitative estimate of drug-likeness (QED) is 0.379. The van der Waals surface area contributed by atoms with Crippen LogP contribution in [0, 0.1) is 11.3 Å². The Morgan fingerprint density at radius 1 is 1.08 bits per heavy atom. The molecule has 3 fully saturated rings. The third kappa shape index (κ3) is 4.36. The number of fused-ring (bicyclic) bond motifs is 1. The molecule has 1 amide bonds. The second kappa shape index (κ2) is 9.20. The number of nitrogens with two attached hydrogens (primary N) is 1. The number of primary amides is 1. The molecule has 1 aliphatic heterocycles. The lowest BCUT2D eigenvalue weighted by Gasteiger charge is -2.53. The van der Waals surface area contributed by atoms with Crippen LogP contribution < -0.4 is 16.4 Å². The van der Waals surface area contributed by atoms with Crippen molar-refractivity contribution in [2.24, 2.45) is 17.1 Å². The molecule has 12 heteroatoms. The Bertz CT molecular complexity index is 1300. The fourth-order valence-corrected chi connectivity index (χ4v) is 6.59. The van der Waals surface area contributed by atoms with Crippen LogP contribution in [0.1, 0.15) is 44.6 Å². The topological polar surface area (TPSA) is 120 Å². The van der Waals surface area contributed by atoms with Crippen molar-refractivity contribution in [3.8, 4) is 0 Å². The molecular formula is C24H26Cl3N7O2. The molecule has 0 bridgehead atoms. The Labute approximate surface area is 223 Å². The minimum atomic E-state index is -0.244. The Hall–Kier alpha value is -2.33. The number of hydrogen-bond donors (Lipinski definition) is 3. The number of carbonyl (C=O) groups is 1. The van der Waals surface area contributed by atoms with Gasteiger partial charge in [-0.25, -0.2) is 9.97 Å². The van der Waals surface area contributed by atoms with E-state index in [-0.39, 0.29) is 17.9 Å². The van der Waals surface area contributed by atoms with Gasteiger partial charge < -0.3 is 21.1 Å². The average Bonchev–Trinajstić information content (AvgIpc) is 3.14. The van der Waals surface area contributed by atoms with Crippen LogP contribution in [0.5, 0.6) is 0 Å². The molecule has 1 spiro atoms. The van der Waals surface area contributed by atoms with E-state index in [4.69, 9.17) is 55.2 Å². The number of benzene rings is 1. The first-order chi connectivity index (χ1) is 17.3. The summed E-state index contributed by atoms with van der Waals surface area (Å²) in [7, 11) is 0. The number of amides is 1. The lowest BCUT2D eigenvalue weighted by molar-refractivity contribution is -0.160. The van der Waals surface area contributed by atoms with E-state index in [9.17, 15) is 4.79 Å². The molecule has 3 heterocycles. The van der Waals surface area contributed by atoms with E-state index in [1.54, 1.807) is 18.3 Å². The molecule has 2 saturated carbocycles. The molecule has 3 aliphatic rings. The highest BCUT2D eigenvalue weighted by Gasteiger charge is 2.50. The van der Waals surface area contributed by atoms with Gasteiger partial charge in [-0.2, -0.15) is 4.98 Å². The summed E-state index contributed by atoms with van der Waals surface area (Å²) >= 11 is 19.0. The van der Waals surface area contributed by atoms with Crippen LogP contribution >= 0.6 is 34.8 Å². The highest BCUT2D eigenvalue weighted by molar-refractivity contribution is 6.41. The lowest BCUT2D eigenvalue weighted by atomic mass is 9.64. The largest absolute Gasteiger partial charge is 0.380 e. The van der Waals surface area contributed by atoms with Crippen molar-refractivity contribution in [3.63, 3.8) is 0 Å². The van der Waals surface area contributed by atoms with Crippen molar-refractivity contribution >= 4 is 69.5 Å². The van der Waals surface area contributed by atoms with Gasteiger partial charge in [0.05, 0.1) is 35.1 Å². The number of nitrogens with one attached hydrogen (secondary N) is 2. The molecule has 0 unspecified atom stereocenters. The third-order valence-electron chi connectivity index (χ3n) is 7.65. The minimum absolute atomic E-state index is 0.0693. The molecule has 0 atom stereocenters. The van der Waals surface area contributed by atoms with Crippen molar-refractivity contribution in [3.05, 3.63) is 33.4 Å². The molecule has 1 aromatic carbocycles. The van der Waals surface area contributed by atoms with Crippen LogP contribution in [0.2, 0.25) is 15.1 Å². The van der Waals surface area contributed by atoms with Crippen molar-refractivity contribution < 1.29 is 9.53 Å². The maximum Gasteiger partial charge on any atom is 0.224 e. The summed E-state index contributed by atoms with van der Waals surface area (Å²) in [5.74, 6) is 0.773. The van der Waals surface area contributed by atoms with E-state index >= 15 is 0 Å². The van der Waals surface area contributed by atoms with Gasteiger partial charge in [-0.1, -0.05) is 34.8 Å². The molecule has 3 aromatic rings. The fourth-order valence-electron chi connectivity index (χ4n) is 5.68. The Kier molecular flexibility index (Phi) is 6.14. The summed E-state index contributed by atoms with van der Waals surface area (Å²) in [5.41, 5.74) is 7.79. The number of aromatic nitrogens is 4. The van der Waals surface area contributed by atoms with E-state index in [0.717, 1.165) is 38.9 Å². The second-order valence-corrected chi connectivity index (χ2v) is 11.5. The molecule has 36 heavy (non-hydrogen) atoms. The van der Waals surface area contributed by atoms with Gasteiger partial charge in [-0.05, 0) is 50.7 Å². The van der Waals surface area contributed by atoms with Crippen LogP contribution in [-0.2, 0) is 9.53 Å². The van der Waals surface area contributed by atoms with E-state index < -0.39 is 0 Å². The number of imidazole rings is 1. The third-order valence-corrected chi connectivity index (χ3v) is 8.46. The molecule has 190 valence electrons. The molecular weight excluding hydrogens is 525 g/mol. The summed E-state index contributed by atoms with van der Waals surface area (Å²) in [5, 5.41) is 7.99. The van der Waals surface area contributed by atoms with E-state index in [1.807, 2.05) is 0 Å². The molecule has 2 aromatic heterocycles. The van der Waals surface area contributed by atoms with Crippen molar-refractivity contribution in [2.45, 2.75) is 50.6 Å². The number of halogens is 3. The summed E-state index contributed by atoms with van der Waals surface area (Å²) < 4.78 is 7.46. The average molecular weight is 551 g/mol. The fraction of sp³-hybridized carbons (Fsp3) is 0.500. The lowest BCUT2D eigenvalue weighted by Crippen LogP contribution is -2.56. The zero-order valence-electron chi connectivity index (χ0n) is 19.4.